The predicted molar refractivity (Wildman–Crippen MR) is 104 cm³/mol. The molecule has 5 rings (SSSR count). The summed E-state index contributed by atoms with van der Waals surface area (Å²) in [5.74, 6) is 3.55. The van der Waals surface area contributed by atoms with Crippen LogP contribution in [0.2, 0.25) is 0 Å². The molecule has 2 aliphatic rings. The van der Waals surface area contributed by atoms with E-state index in [4.69, 9.17) is 4.98 Å². The van der Waals surface area contributed by atoms with E-state index in [1.54, 1.807) is 6.33 Å². The topological polar surface area (TPSA) is 75.9 Å². The Morgan fingerprint density at radius 2 is 1.93 bits per heavy atom. The summed E-state index contributed by atoms with van der Waals surface area (Å²) in [7, 11) is 1.94. The largest absolute Gasteiger partial charge is 0.354 e. The summed E-state index contributed by atoms with van der Waals surface area (Å²) in [6.45, 7) is 7.03. The maximum atomic E-state index is 4.82. The van der Waals surface area contributed by atoms with Gasteiger partial charge in [-0.3, -0.25) is 4.68 Å². The van der Waals surface area contributed by atoms with E-state index in [9.17, 15) is 0 Å². The van der Waals surface area contributed by atoms with Gasteiger partial charge in [0.15, 0.2) is 5.65 Å². The van der Waals surface area contributed by atoms with Crippen LogP contribution in [0, 0.1) is 19.8 Å². The van der Waals surface area contributed by atoms with Gasteiger partial charge in [0.1, 0.15) is 23.8 Å². The monoisotopic (exact) mass is 364 g/mol. The number of hydrogen-bond acceptors (Lipinski definition) is 7. The van der Waals surface area contributed by atoms with Crippen molar-refractivity contribution in [2.75, 3.05) is 29.4 Å². The van der Waals surface area contributed by atoms with Gasteiger partial charge in [-0.1, -0.05) is 0 Å². The van der Waals surface area contributed by atoms with Crippen molar-refractivity contribution in [3.8, 4) is 0 Å². The fourth-order valence-corrected chi connectivity index (χ4v) is 4.56. The Bertz CT molecular complexity index is 997. The van der Waals surface area contributed by atoms with E-state index in [0.717, 1.165) is 53.8 Å². The number of nitrogens with zero attached hydrogens (tertiary/aromatic N) is 8. The quantitative estimate of drug-likeness (QED) is 0.687. The summed E-state index contributed by atoms with van der Waals surface area (Å²) in [4.78, 5) is 23.0. The Hall–Kier alpha value is -2.77. The van der Waals surface area contributed by atoms with Gasteiger partial charge >= 0.3 is 0 Å². The van der Waals surface area contributed by atoms with Crippen LogP contribution in [0.5, 0.6) is 0 Å². The van der Waals surface area contributed by atoms with E-state index < -0.39 is 0 Å². The first-order chi connectivity index (χ1) is 13.1. The Balaban J connectivity index is 1.50. The lowest BCUT2D eigenvalue weighted by Crippen LogP contribution is -2.49. The fraction of sp³-hybridized carbons (Fsp3) is 0.526. The molecule has 3 aromatic heterocycles. The van der Waals surface area contributed by atoms with Crippen molar-refractivity contribution in [1.82, 2.24) is 29.7 Å². The maximum absolute atomic E-state index is 4.82. The van der Waals surface area contributed by atoms with Gasteiger partial charge in [-0.25, -0.2) is 19.9 Å². The molecule has 0 saturated carbocycles. The van der Waals surface area contributed by atoms with Gasteiger partial charge in [-0.05, 0) is 32.6 Å². The zero-order valence-corrected chi connectivity index (χ0v) is 16.0. The summed E-state index contributed by atoms with van der Waals surface area (Å²) in [5, 5.41) is 5.45. The van der Waals surface area contributed by atoms with Crippen LogP contribution in [0.15, 0.2) is 18.6 Å². The molecule has 0 aliphatic carbocycles. The number of aryl methyl sites for hydroxylation is 3. The van der Waals surface area contributed by atoms with E-state index in [1.165, 1.54) is 12.8 Å². The molecule has 2 fully saturated rings. The molecular weight excluding hydrogens is 340 g/mol. The van der Waals surface area contributed by atoms with Crippen molar-refractivity contribution in [2.45, 2.75) is 32.7 Å². The highest BCUT2D eigenvalue weighted by Crippen LogP contribution is 2.37. The smallest absolute Gasteiger partial charge is 0.163 e. The van der Waals surface area contributed by atoms with E-state index in [2.05, 4.69) is 35.9 Å². The minimum atomic E-state index is 0.437. The third-order valence-corrected chi connectivity index (χ3v) is 5.93. The van der Waals surface area contributed by atoms with Crippen molar-refractivity contribution in [2.24, 2.45) is 13.0 Å². The summed E-state index contributed by atoms with van der Waals surface area (Å²) < 4.78 is 1.83. The highest BCUT2D eigenvalue weighted by Gasteiger charge is 2.40. The van der Waals surface area contributed by atoms with Gasteiger partial charge in [0.05, 0.1) is 17.6 Å². The minimum Gasteiger partial charge on any atom is -0.354 e. The lowest BCUT2D eigenvalue weighted by Gasteiger charge is -2.39. The lowest BCUT2D eigenvalue weighted by atomic mass is 9.92. The minimum absolute atomic E-state index is 0.437. The van der Waals surface area contributed by atoms with Crippen molar-refractivity contribution in [3.05, 3.63) is 30.1 Å². The zero-order chi connectivity index (χ0) is 18.5. The number of hydrogen-bond donors (Lipinski definition) is 0. The number of rotatable bonds is 2. The molecule has 0 amide bonds. The van der Waals surface area contributed by atoms with Gasteiger partial charge in [-0.2, -0.15) is 5.10 Å². The van der Waals surface area contributed by atoms with Crippen molar-refractivity contribution < 1.29 is 0 Å². The lowest BCUT2D eigenvalue weighted by molar-refractivity contribution is 0.388. The molecule has 5 heterocycles. The molecule has 3 aromatic rings. The van der Waals surface area contributed by atoms with Crippen molar-refractivity contribution >= 4 is 22.7 Å². The molecule has 0 radical (unpaired) electrons. The van der Waals surface area contributed by atoms with Crippen LogP contribution < -0.4 is 9.80 Å². The van der Waals surface area contributed by atoms with Crippen molar-refractivity contribution in [1.29, 1.82) is 0 Å². The Morgan fingerprint density at radius 1 is 1.07 bits per heavy atom. The standard InChI is InChI=1S/C19H24N8/c1-12-8-17(21-11-20-12)26-6-4-14-5-7-27(16(14)10-26)19-15-9-22-25(3)18(15)23-13(2)24-19/h8-9,11,14,16H,4-7,10H2,1-3H3. The molecular formula is C19H24N8. The number of anilines is 2. The molecule has 2 aliphatic heterocycles. The second kappa shape index (κ2) is 6.14. The van der Waals surface area contributed by atoms with Gasteiger partial charge in [-0.15, -0.1) is 0 Å². The zero-order valence-electron chi connectivity index (χ0n) is 16.0. The van der Waals surface area contributed by atoms with Crippen LogP contribution in [0.4, 0.5) is 11.6 Å². The van der Waals surface area contributed by atoms with Crippen LogP contribution >= 0.6 is 0 Å². The highest BCUT2D eigenvalue weighted by atomic mass is 15.3. The van der Waals surface area contributed by atoms with Gasteiger partial charge in [0.2, 0.25) is 0 Å². The summed E-state index contributed by atoms with van der Waals surface area (Å²) in [6.07, 6.45) is 5.96. The fourth-order valence-electron chi connectivity index (χ4n) is 4.56. The number of piperidine rings is 1. The summed E-state index contributed by atoms with van der Waals surface area (Å²) in [6, 6.07) is 2.51. The third-order valence-electron chi connectivity index (χ3n) is 5.93. The van der Waals surface area contributed by atoms with Crippen LogP contribution in [0.25, 0.3) is 11.0 Å². The first-order valence-corrected chi connectivity index (χ1v) is 9.57. The Labute approximate surface area is 158 Å². The molecule has 0 N–H and O–H groups in total. The average Bonchev–Trinajstić information content (AvgIpc) is 3.25. The Kier molecular flexibility index (Phi) is 3.73. The molecule has 8 heteroatoms. The Morgan fingerprint density at radius 3 is 2.78 bits per heavy atom. The van der Waals surface area contributed by atoms with Crippen LogP contribution in [-0.4, -0.2) is 55.4 Å². The molecule has 0 bridgehead atoms. The first kappa shape index (κ1) is 16.4. The first-order valence-electron chi connectivity index (χ1n) is 9.57. The molecule has 0 aromatic carbocycles. The maximum Gasteiger partial charge on any atom is 0.163 e. The number of aromatic nitrogens is 6. The summed E-state index contributed by atoms with van der Waals surface area (Å²) in [5.41, 5.74) is 1.91. The SMILES string of the molecule is Cc1cc(N2CCC3CCN(c4nc(C)nc5c4cnn5C)C3C2)ncn1. The van der Waals surface area contributed by atoms with E-state index in [-0.39, 0.29) is 0 Å². The van der Waals surface area contributed by atoms with E-state index in [0.29, 0.717) is 12.0 Å². The molecule has 2 unspecified atom stereocenters. The van der Waals surface area contributed by atoms with Crippen LogP contribution in [-0.2, 0) is 7.05 Å². The molecule has 2 atom stereocenters. The van der Waals surface area contributed by atoms with E-state index >= 15 is 0 Å². The molecule has 2 saturated heterocycles. The van der Waals surface area contributed by atoms with E-state index in [1.807, 2.05) is 31.8 Å². The van der Waals surface area contributed by atoms with Gasteiger partial charge in [0.25, 0.3) is 0 Å². The molecule has 8 nitrogen and oxygen atoms in total. The third kappa shape index (κ3) is 2.70. The second-order valence-electron chi connectivity index (χ2n) is 7.66. The van der Waals surface area contributed by atoms with Gasteiger partial charge in [0, 0.05) is 38.4 Å². The van der Waals surface area contributed by atoms with Crippen molar-refractivity contribution in [3.63, 3.8) is 0 Å². The van der Waals surface area contributed by atoms with Crippen LogP contribution in [0.3, 0.4) is 0 Å². The summed E-state index contributed by atoms with van der Waals surface area (Å²) >= 11 is 0. The average molecular weight is 364 g/mol. The molecule has 27 heavy (non-hydrogen) atoms. The number of fused-ring (bicyclic) bond motifs is 2. The predicted octanol–water partition coefficient (Wildman–Crippen LogP) is 1.88. The highest BCUT2D eigenvalue weighted by molar-refractivity contribution is 5.87. The van der Waals surface area contributed by atoms with Crippen LogP contribution in [0.1, 0.15) is 24.4 Å². The molecule has 140 valence electrons. The normalized spacial score (nSPS) is 22.5. The molecule has 0 spiro atoms. The second-order valence-corrected chi connectivity index (χ2v) is 7.66. The van der Waals surface area contributed by atoms with Gasteiger partial charge < -0.3 is 9.80 Å².